The van der Waals surface area contributed by atoms with Crippen LogP contribution in [0.1, 0.15) is 64.7 Å². The Labute approximate surface area is 217 Å². The van der Waals surface area contributed by atoms with E-state index in [1.807, 2.05) is 4.90 Å². The van der Waals surface area contributed by atoms with Crippen molar-refractivity contribution in [2.75, 3.05) is 51.6 Å². The van der Waals surface area contributed by atoms with E-state index in [4.69, 9.17) is 4.74 Å². The molecule has 0 aromatic carbocycles. The molecular weight excluding hydrogens is 439 g/mol. The average Bonchev–Trinajstić information content (AvgIpc) is 2.73. The van der Waals surface area contributed by atoms with E-state index in [2.05, 4.69) is 36.1 Å². The molecular formula is C23H41N2NaO5S. The summed E-state index contributed by atoms with van der Waals surface area (Å²) in [6.45, 7) is 6.62. The first-order valence-electron chi connectivity index (χ1n) is 11.7. The predicted molar refractivity (Wildman–Crippen MR) is 124 cm³/mol. The fraction of sp³-hybridized carbons (Fsp3) is 0.783. The minimum atomic E-state index is -4.15. The van der Waals surface area contributed by atoms with E-state index in [0.29, 0.717) is 26.1 Å². The number of carbonyl (C=O) groups excluding carboxylic acids is 1. The number of esters is 1. The topological polar surface area (TPSA) is 90.0 Å². The molecule has 7 nitrogen and oxygen atoms in total. The van der Waals surface area contributed by atoms with Gasteiger partial charge in [-0.2, -0.15) is 0 Å². The molecule has 0 amide bonds. The van der Waals surface area contributed by atoms with Crippen LogP contribution in [0.2, 0.25) is 0 Å². The number of rotatable bonds is 17. The first-order chi connectivity index (χ1) is 14.9. The second kappa shape index (κ2) is 20.2. The Bertz CT molecular complexity index is 632. The molecule has 1 rings (SSSR count). The number of nitrogens with zero attached hydrogens (tertiary/aromatic N) is 2. The second-order valence-corrected chi connectivity index (χ2v) is 9.61. The summed E-state index contributed by atoms with van der Waals surface area (Å²) in [7, 11) is -4.15. The molecule has 32 heavy (non-hydrogen) atoms. The SMILES string of the molecule is CCCCC/C=C/C/C=C\CCCCC(=O)OCCN1CCN(CCS(=O)(=O)[O-])CC1.[Na+]. The molecule has 9 heteroatoms. The number of carbonyl (C=O) groups is 1. The van der Waals surface area contributed by atoms with Crippen LogP contribution in [0.4, 0.5) is 0 Å². The van der Waals surface area contributed by atoms with Crippen molar-refractivity contribution in [2.45, 2.75) is 64.7 Å². The van der Waals surface area contributed by atoms with Crippen LogP contribution in [0.25, 0.3) is 0 Å². The number of allylic oxidation sites excluding steroid dienone is 4. The summed E-state index contributed by atoms with van der Waals surface area (Å²) < 4.78 is 37.4. The van der Waals surface area contributed by atoms with Gasteiger partial charge in [-0.3, -0.25) is 14.6 Å². The molecule has 0 atom stereocenters. The molecule has 1 aliphatic rings. The Balaban J connectivity index is 0.00000961. The third-order valence-corrected chi connectivity index (χ3v) is 6.06. The molecule has 0 unspecified atom stereocenters. The van der Waals surface area contributed by atoms with E-state index < -0.39 is 10.1 Å². The number of unbranched alkanes of at least 4 members (excludes halogenated alkanes) is 5. The van der Waals surface area contributed by atoms with E-state index >= 15 is 0 Å². The number of ether oxygens (including phenoxy) is 1. The minimum Gasteiger partial charge on any atom is -0.748 e. The molecule has 0 spiro atoms. The first kappa shape index (κ1) is 31.8. The monoisotopic (exact) mass is 480 g/mol. The molecule has 180 valence electrons. The molecule has 0 bridgehead atoms. The van der Waals surface area contributed by atoms with Crippen LogP contribution in [0.3, 0.4) is 0 Å². The summed E-state index contributed by atoms with van der Waals surface area (Å²) in [5.41, 5.74) is 0. The van der Waals surface area contributed by atoms with Crippen LogP contribution in [-0.4, -0.2) is 80.4 Å². The van der Waals surface area contributed by atoms with Crippen molar-refractivity contribution in [2.24, 2.45) is 0 Å². The van der Waals surface area contributed by atoms with Gasteiger partial charge < -0.3 is 9.29 Å². The normalized spacial score (nSPS) is 15.9. The summed E-state index contributed by atoms with van der Waals surface area (Å²) in [6.07, 6.45) is 18.2. The van der Waals surface area contributed by atoms with Gasteiger partial charge >= 0.3 is 35.5 Å². The first-order valence-corrected chi connectivity index (χ1v) is 13.3. The molecule has 1 saturated heterocycles. The molecule has 0 N–H and O–H groups in total. The van der Waals surface area contributed by atoms with Crippen molar-refractivity contribution >= 4 is 16.1 Å². The molecule has 1 aliphatic heterocycles. The third kappa shape index (κ3) is 19.3. The van der Waals surface area contributed by atoms with Gasteiger partial charge in [0.1, 0.15) is 6.61 Å². The maximum absolute atomic E-state index is 11.8. The van der Waals surface area contributed by atoms with Crippen LogP contribution < -0.4 is 29.6 Å². The van der Waals surface area contributed by atoms with Crippen LogP contribution in [-0.2, 0) is 19.6 Å². The smallest absolute Gasteiger partial charge is 0.748 e. The van der Waals surface area contributed by atoms with E-state index in [0.717, 1.165) is 51.9 Å². The number of hydrogen-bond acceptors (Lipinski definition) is 7. The summed E-state index contributed by atoms with van der Waals surface area (Å²) in [4.78, 5) is 16.0. The molecule has 0 radical (unpaired) electrons. The van der Waals surface area contributed by atoms with Crippen molar-refractivity contribution in [1.29, 1.82) is 0 Å². The fourth-order valence-electron chi connectivity index (χ4n) is 3.39. The predicted octanol–water partition coefficient (Wildman–Crippen LogP) is 0.340. The van der Waals surface area contributed by atoms with Crippen molar-refractivity contribution in [3.63, 3.8) is 0 Å². The zero-order valence-corrected chi connectivity index (χ0v) is 23.0. The van der Waals surface area contributed by atoms with Gasteiger partial charge in [0.25, 0.3) is 0 Å². The van der Waals surface area contributed by atoms with E-state index in [1.165, 1.54) is 25.7 Å². The van der Waals surface area contributed by atoms with Gasteiger partial charge in [0.2, 0.25) is 0 Å². The Morgan fingerprint density at radius 2 is 1.47 bits per heavy atom. The van der Waals surface area contributed by atoms with E-state index in [1.54, 1.807) is 0 Å². The van der Waals surface area contributed by atoms with Crippen molar-refractivity contribution < 1.29 is 52.1 Å². The van der Waals surface area contributed by atoms with Crippen molar-refractivity contribution in [1.82, 2.24) is 9.80 Å². The summed E-state index contributed by atoms with van der Waals surface area (Å²) in [6, 6.07) is 0. The average molecular weight is 481 g/mol. The van der Waals surface area contributed by atoms with Gasteiger partial charge in [-0.05, 0) is 38.5 Å². The van der Waals surface area contributed by atoms with Gasteiger partial charge in [0, 0.05) is 45.7 Å². The van der Waals surface area contributed by atoms with Crippen LogP contribution >= 0.6 is 0 Å². The standard InChI is InChI=1S/C23H42N2O5S.Na/c1-2-3-4-5-6-7-8-9-10-11-12-13-14-23(26)30-21-19-24-15-17-25(18-16-24)20-22-31(27,28)29;/h6-7,9-10H,2-5,8,11-22H2,1H3,(H,27,28,29);/q;+1/p-1/b7-6+,10-9-;. The Morgan fingerprint density at radius 3 is 2.03 bits per heavy atom. The fourth-order valence-corrected chi connectivity index (χ4v) is 3.87. The Hall–Kier alpha value is -0.220. The van der Waals surface area contributed by atoms with Crippen LogP contribution in [0, 0.1) is 0 Å². The minimum absolute atomic E-state index is 0. The van der Waals surface area contributed by atoms with Gasteiger partial charge in [-0.1, -0.05) is 44.1 Å². The summed E-state index contributed by atoms with van der Waals surface area (Å²) in [5.74, 6) is -0.477. The third-order valence-electron chi connectivity index (χ3n) is 5.37. The summed E-state index contributed by atoms with van der Waals surface area (Å²) >= 11 is 0. The molecule has 1 fully saturated rings. The zero-order valence-electron chi connectivity index (χ0n) is 20.2. The molecule has 0 aromatic rings. The van der Waals surface area contributed by atoms with E-state index in [9.17, 15) is 17.8 Å². The molecule has 0 aromatic heterocycles. The molecule has 0 saturated carbocycles. The van der Waals surface area contributed by atoms with Crippen molar-refractivity contribution in [3.05, 3.63) is 24.3 Å². The van der Waals surface area contributed by atoms with E-state index in [-0.39, 0.29) is 41.3 Å². The zero-order chi connectivity index (χ0) is 22.8. The molecule has 1 heterocycles. The quantitative estimate of drug-likeness (QED) is 0.0975. The molecule has 0 aliphatic carbocycles. The largest absolute Gasteiger partial charge is 1.00 e. The van der Waals surface area contributed by atoms with Gasteiger partial charge in [0.15, 0.2) is 0 Å². The van der Waals surface area contributed by atoms with Gasteiger partial charge in [0.05, 0.1) is 15.9 Å². The van der Waals surface area contributed by atoms with Crippen LogP contribution in [0.5, 0.6) is 0 Å². The second-order valence-electron chi connectivity index (χ2n) is 8.09. The maximum Gasteiger partial charge on any atom is 1.00 e. The maximum atomic E-state index is 11.8. The van der Waals surface area contributed by atoms with Gasteiger partial charge in [-0.15, -0.1) is 0 Å². The van der Waals surface area contributed by atoms with Crippen molar-refractivity contribution in [3.8, 4) is 0 Å². The van der Waals surface area contributed by atoms with Gasteiger partial charge in [-0.25, -0.2) is 8.42 Å². The number of piperazine rings is 1. The Morgan fingerprint density at radius 1 is 0.906 bits per heavy atom. The number of hydrogen-bond donors (Lipinski definition) is 0. The van der Waals surface area contributed by atoms with Crippen LogP contribution in [0.15, 0.2) is 24.3 Å². The Kier molecular flexibility index (Phi) is 20.0. The summed E-state index contributed by atoms with van der Waals surface area (Å²) in [5, 5.41) is 0.